The summed E-state index contributed by atoms with van der Waals surface area (Å²) in [5.74, 6) is 0.603. The highest BCUT2D eigenvalue weighted by atomic mass is 32.2. The maximum absolute atomic E-state index is 12.2. The third-order valence-corrected chi connectivity index (χ3v) is 5.27. The fourth-order valence-electron chi connectivity index (χ4n) is 2.39. The van der Waals surface area contributed by atoms with Gasteiger partial charge in [0.15, 0.2) is 0 Å². The van der Waals surface area contributed by atoms with Crippen LogP contribution in [0.1, 0.15) is 25.0 Å². The first-order valence-corrected chi connectivity index (χ1v) is 9.79. The van der Waals surface area contributed by atoms with E-state index in [1.54, 1.807) is 51.3 Å². The van der Waals surface area contributed by atoms with E-state index in [1.807, 2.05) is 12.1 Å². The number of amides is 1. The molecule has 0 heterocycles. The molecule has 26 heavy (non-hydrogen) atoms. The highest BCUT2D eigenvalue weighted by Crippen LogP contribution is 2.13. The number of sulfonamides is 1. The smallest absolute Gasteiger partial charge is 0.240 e. The third-order valence-electron chi connectivity index (χ3n) is 3.61. The molecule has 0 fully saturated rings. The van der Waals surface area contributed by atoms with E-state index in [0.717, 1.165) is 16.9 Å². The van der Waals surface area contributed by atoms with Crippen LogP contribution >= 0.6 is 0 Å². The Morgan fingerprint density at radius 1 is 1.08 bits per heavy atom. The minimum atomic E-state index is -3.55. The van der Waals surface area contributed by atoms with E-state index in [-0.39, 0.29) is 29.8 Å². The average molecular weight is 376 g/mol. The summed E-state index contributed by atoms with van der Waals surface area (Å²) in [6.45, 7) is 3.79. The van der Waals surface area contributed by atoms with Crippen molar-refractivity contribution in [3.63, 3.8) is 0 Å². The molecule has 0 aromatic heterocycles. The zero-order valence-electron chi connectivity index (χ0n) is 15.2. The summed E-state index contributed by atoms with van der Waals surface area (Å²) in [7, 11) is -1.96. The van der Waals surface area contributed by atoms with Crippen molar-refractivity contribution in [3.05, 3.63) is 59.7 Å². The Kier molecular flexibility index (Phi) is 6.76. The summed E-state index contributed by atoms with van der Waals surface area (Å²) >= 11 is 0. The van der Waals surface area contributed by atoms with Crippen molar-refractivity contribution in [2.45, 2.75) is 37.8 Å². The summed E-state index contributed by atoms with van der Waals surface area (Å²) in [6, 6.07) is 13.6. The van der Waals surface area contributed by atoms with Crippen molar-refractivity contribution in [2.24, 2.45) is 0 Å². The molecule has 0 spiro atoms. The van der Waals surface area contributed by atoms with Crippen molar-refractivity contribution in [1.29, 1.82) is 0 Å². The predicted molar refractivity (Wildman–Crippen MR) is 100 cm³/mol. The average Bonchev–Trinajstić information content (AvgIpc) is 2.60. The largest absolute Gasteiger partial charge is 0.497 e. The van der Waals surface area contributed by atoms with Crippen LogP contribution in [-0.2, 0) is 27.8 Å². The third kappa shape index (κ3) is 5.86. The van der Waals surface area contributed by atoms with Gasteiger partial charge in [-0.15, -0.1) is 0 Å². The maximum Gasteiger partial charge on any atom is 0.240 e. The van der Waals surface area contributed by atoms with Gasteiger partial charge in [0.25, 0.3) is 0 Å². The minimum Gasteiger partial charge on any atom is -0.497 e. The number of carbonyl (C=O) groups excluding carboxylic acids is 1. The van der Waals surface area contributed by atoms with Crippen molar-refractivity contribution in [2.75, 3.05) is 7.11 Å². The van der Waals surface area contributed by atoms with Crippen LogP contribution in [0.25, 0.3) is 0 Å². The summed E-state index contributed by atoms with van der Waals surface area (Å²) in [5, 5.41) is 2.81. The summed E-state index contributed by atoms with van der Waals surface area (Å²) in [4.78, 5) is 12.3. The Hall–Kier alpha value is -2.38. The first-order chi connectivity index (χ1) is 12.3. The van der Waals surface area contributed by atoms with Gasteiger partial charge in [0, 0.05) is 12.6 Å². The molecule has 140 valence electrons. The van der Waals surface area contributed by atoms with Crippen LogP contribution < -0.4 is 14.8 Å². The molecule has 0 atom stereocenters. The van der Waals surface area contributed by atoms with E-state index in [9.17, 15) is 13.2 Å². The zero-order chi connectivity index (χ0) is 19.2. The van der Waals surface area contributed by atoms with Gasteiger partial charge in [-0.25, -0.2) is 13.1 Å². The molecule has 0 bridgehead atoms. The molecular weight excluding hydrogens is 352 g/mol. The van der Waals surface area contributed by atoms with Gasteiger partial charge in [-0.2, -0.15) is 0 Å². The van der Waals surface area contributed by atoms with Crippen LogP contribution in [0.2, 0.25) is 0 Å². The van der Waals surface area contributed by atoms with Crippen molar-refractivity contribution < 1.29 is 17.9 Å². The Labute approximate surface area is 154 Å². The number of ether oxygens (including phenoxy) is 1. The van der Waals surface area contributed by atoms with Crippen molar-refractivity contribution in [3.8, 4) is 5.75 Å². The summed E-state index contributed by atoms with van der Waals surface area (Å²) in [5.41, 5.74) is 1.60. The SMILES string of the molecule is COc1ccc(CC(=O)NCc2cccc(S(=O)(=O)NC(C)C)c2)cc1. The minimum absolute atomic E-state index is 0.135. The lowest BCUT2D eigenvalue weighted by atomic mass is 10.1. The Morgan fingerprint density at radius 3 is 2.38 bits per heavy atom. The van der Waals surface area contributed by atoms with E-state index in [1.165, 1.54) is 6.07 Å². The number of carbonyl (C=O) groups is 1. The molecule has 0 aliphatic heterocycles. The Bertz CT molecular complexity index is 846. The highest BCUT2D eigenvalue weighted by Gasteiger charge is 2.15. The van der Waals surface area contributed by atoms with E-state index >= 15 is 0 Å². The topological polar surface area (TPSA) is 84.5 Å². The summed E-state index contributed by atoms with van der Waals surface area (Å²) in [6.07, 6.45) is 0.247. The van der Waals surface area contributed by atoms with E-state index < -0.39 is 10.0 Å². The molecule has 2 N–H and O–H groups in total. The van der Waals surface area contributed by atoms with Crippen LogP contribution in [0.4, 0.5) is 0 Å². The molecule has 2 aromatic carbocycles. The van der Waals surface area contributed by atoms with Gasteiger partial charge >= 0.3 is 0 Å². The lowest BCUT2D eigenvalue weighted by Gasteiger charge is -2.11. The number of rotatable bonds is 8. The molecule has 1 amide bonds. The van der Waals surface area contributed by atoms with Crippen LogP contribution in [0, 0.1) is 0 Å². The molecule has 6 nitrogen and oxygen atoms in total. The highest BCUT2D eigenvalue weighted by molar-refractivity contribution is 7.89. The maximum atomic E-state index is 12.2. The zero-order valence-corrected chi connectivity index (χ0v) is 16.0. The second kappa shape index (κ2) is 8.82. The van der Waals surface area contributed by atoms with Crippen LogP contribution in [0.5, 0.6) is 5.75 Å². The number of hydrogen-bond donors (Lipinski definition) is 2. The normalized spacial score (nSPS) is 11.4. The first kappa shape index (κ1) is 19.9. The van der Waals surface area contributed by atoms with Crippen molar-refractivity contribution >= 4 is 15.9 Å². The number of nitrogens with one attached hydrogen (secondary N) is 2. The van der Waals surface area contributed by atoms with E-state index in [4.69, 9.17) is 4.74 Å². The molecule has 7 heteroatoms. The number of hydrogen-bond acceptors (Lipinski definition) is 4. The fourth-order valence-corrected chi connectivity index (χ4v) is 3.71. The van der Waals surface area contributed by atoms with Gasteiger partial charge < -0.3 is 10.1 Å². The monoisotopic (exact) mass is 376 g/mol. The number of benzene rings is 2. The summed E-state index contributed by atoms with van der Waals surface area (Å²) < 4.78 is 32.1. The molecule has 2 rings (SSSR count). The van der Waals surface area contributed by atoms with Gasteiger partial charge in [-0.3, -0.25) is 4.79 Å². The Morgan fingerprint density at radius 2 is 1.77 bits per heavy atom. The molecule has 0 radical (unpaired) electrons. The van der Waals surface area contributed by atoms with Gasteiger partial charge in [0.2, 0.25) is 15.9 Å². The van der Waals surface area contributed by atoms with Gasteiger partial charge in [-0.05, 0) is 49.2 Å². The Balaban J connectivity index is 1.96. The molecule has 0 saturated carbocycles. The van der Waals surface area contributed by atoms with Crippen LogP contribution in [-0.4, -0.2) is 27.5 Å². The lowest BCUT2D eigenvalue weighted by molar-refractivity contribution is -0.120. The van der Waals surface area contributed by atoms with E-state index in [0.29, 0.717) is 0 Å². The first-order valence-electron chi connectivity index (χ1n) is 8.31. The fraction of sp³-hybridized carbons (Fsp3) is 0.316. The second-order valence-electron chi connectivity index (χ2n) is 6.22. The quantitative estimate of drug-likeness (QED) is 0.740. The van der Waals surface area contributed by atoms with Gasteiger partial charge in [0.1, 0.15) is 5.75 Å². The number of methoxy groups -OCH3 is 1. The van der Waals surface area contributed by atoms with Crippen molar-refractivity contribution in [1.82, 2.24) is 10.0 Å². The molecule has 0 unspecified atom stereocenters. The van der Waals surface area contributed by atoms with Crippen LogP contribution in [0.15, 0.2) is 53.4 Å². The molecule has 2 aromatic rings. The van der Waals surface area contributed by atoms with Gasteiger partial charge in [-0.1, -0.05) is 24.3 Å². The van der Waals surface area contributed by atoms with E-state index in [2.05, 4.69) is 10.0 Å². The second-order valence-corrected chi connectivity index (χ2v) is 7.94. The van der Waals surface area contributed by atoms with Crippen LogP contribution in [0.3, 0.4) is 0 Å². The predicted octanol–water partition coefficient (Wildman–Crippen LogP) is 2.24. The molecular formula is C19H24N2O4S. The molecule has 0 saturated heterocycles. The standard InChI is InChI=1S/C19H24N2O4S/c1-14(2)21-26(23,24)18-6-4-5-16(11-18)13-20-19(22)12-15-7-9-17(25-3)10-8-15/h4-11,14,21H,12-13H2,1-3H3,(H,20,22). The lowest BCUT2D eigenvalue weighted by Crippen LogP contribution is -2.30. The van der Waals surface area contributed by atoms with Gasteiger partial charge in [0.05, 0.1) is 18.4 Å². The molecule has 0 aliphatic rings. The molecule has 0 aliphatic carbocycles.